The van der Waals surface area contributed by atoms with Crippen LogP contribution in [0.3, 0.4) is 0 Å². The van der Waals surface area contributed by atoms with Crippen molar-refractivity contribution in [1.29, 1.82) is 0 Å². The molecule has 0 spiro atoms. The maximum Gasteiger partial charge on any atom is 0.306 e. The molecule has 1 aliphatic heterocycles. The number of carbonyl (C=O) groups is 1. The summed E-state index contributed by atoms with van der Waals surface area (Å²) < 4.78 is 22.7. The lowest BCUT2D eigenvalue weighted by Crippen LogP contribution is -2.59. The van der Waals surface area contributed by atoms with Crippen molar-refractivity contribution in [2.24, 2.45) is 0 Å². The summed E-state index contributed by atoms with van der Waals surface area (Å²) in [6.07, 6.45) is 28.8. The van der Waals surface area contributed by atoms with Crippen LogP contribution in [0.2, 0.25) is 0 Å². The third-order valence-electron chi connectivity index (χ3n) is 8.76. The highest BCUT2D eigenvalue weighted by atomic mass is 16.7. The van der Waals surface area contributed by atoms with E-state index in [1.165, 1.54) is 51.4 Å². The fourth-order valence-electron chi connectivity index (χ4n) is 5.64. The summed E-state index contributed by atoms with van der Waals surface area (Å²) in [4.78, 5) is 12.7. The Morgan fingerprint density at radius 2 is 1.22 bits per heavy atom. The molecule has 4 N–H and O–H groups in total. The molecule has 6 unspecified atom stereocenters. The van der Waals surface area contributed by atoms with Crippen LogP contribution in [0.15, 0.2) is 36.5 Å². The summed E-state index contributed by atoms with van der Waals surface area (Å²) in [5, 5.41) is 39.9. The fourth-order valence-corrected chi connectivity index (χ4v) is 5.64. The highest BCUT2D eigenvalue weighted by molar-refractivity contribution is 5.69. The van der Waals surface area contributed by atoms with E-state index in [0.29, 0.717) is 13.0 Å². The molecule has 1 aliphatic rings. The van der Waals surface area contributed by atoms with E-state index in [1.807, 2.05) is 0 Å². The van der Waals surface area contributed by atoms with Crippen LogP contribution in [-0.4, -0.2) is 89.6 Å². The molecule has 1 rings (SSSR count). The second-order valence-electron chi connectivity index (χ2n) is 13.4. The lowest BCUT2D eigenvalue weighted by atomic mass is 9.99. The maximum absolute atomic E-state index is 12.7. The largest absolute Gasteiger partial charge is 0.457 e. The van der Waals surface area contributed by atoms with E-state index in [4.69, 9.17) is 18.9 Å². The Morgan fingerprint density at radius 1 is 0.653 bits per heavy atom. The Balaban J connectivity index is 2.34. The first-order chi connectivity index (χ1) is 23.9. The first-order valence-electron chi connectivity index (χ1n) is 19.6. The van der Waals surface area contributed by atoms with Crippen LogP contribution in [0.1, 0.15) is 149 Å². The van der Waals surface area contributed by atoms with Crippen LogP contribution in [0.4, 0.5) is 0 Å². The van der Waals surface area contributed by atoms with Gasteiger partial charge in [-0.2, -0.15) is 0 Å². The number of hydrogen-bond donors (Lipinski definition) is 4. The molecule has 9 nitrogen and oxygen atoms in total. The monoisotopic (exact) mass is 697 g/mol. The lowest BCUT2D eigenvalue weighted by Gasteiger charge is -2.39. The van der Waals surface area contributed by atoms with Gasteiger partial charge in [-0.05, 0) is 64.2 Å². The molecule has 0 aliphatic carbocycles. The average Bonchev–Trinajstić information content (AvgIpc) is 3.10. The van der Waals surface area contributed by atoms with E-state index in [2.05, 4.69) is 50.3 Å². The zero-order valence-corrected chi connectivity index (χ0v) is 30.9. The maximum atomic E-state index is 12.7. The standard InChI is InChI=1S/C40H72O9/c1-3-5-7-9-11-13-15-17-19-21-23-25-27-29-36(42)48-34(33-47-40-39(45)38(44)37(43)35(31-41)49-40)32-46-30-28-26-24-22-20-18-16-14-12-10-8-6-4-2/h7,9,12-15,34-35,37-41,43-45H,3-6,8,10-11,16-33H2,1-2H3/b9-7-,14-12-,15-13-. The highest BCUT2D eigenvalue weighted by Gasteiger charge is 2.44. The molecule has 1 saturated heterocycles. The van der Waals surface area contributed by atoms with Gasteiger partial charge in [-0.25, -0.2) is 0 Å². The van der Waals surface area contributed by atoms with E-state index in [1.54, 1.807) is 0 Å². The quantitative estimate of drug-likeness (QED) is 0.0318. The topological polar surface area (TPSA) is 135 Å². The number of hydrogen-bond acceptors (Lipinski definition) is 9. The molecule has 0 radical (unpaired) electrons. The number of ether oxygens (including phenoxy) is 4. The zero-order valence-electron chi connectivity index (χ0n) is 30.9. The van der Waals surface area contributed by atoms with Gasteiger partial charge in [0.2, 0.25) is 0 Å². The van der Waals surface area contributed by atoms with Gasteiger partial charge in [0.05, 0.1) is 19.8 Å². The van der Waals surface area contributed by atoms with Gasteiger partial charge in [-0.3, -0.25) is 4.79 Å². The third kappa shape index (κ3) is 24.3. The number of aliphatic hydroxyl groups is 4. The van der Waals surface area contributed by atoms with Crippen LogP contribution in [0, 0.1) is 0 Å². The van der Waals surface area contributed by atoms with Gasteiger partial charge in [0.25, 0.3) is 0 Å². The van der Waals surface area contributed by atoms with Crippen LogP contribution in [0.25, 0.3) is 0 Å². The molecule has 0 amide bonds. The Hall–Kier alpha value is -1.59. The number of aliphatic hydroxyl groups excluding tert-OH is 4. The Bertz CT molecular complexity index is 844. The number of carbonyl (C=O) groups excluding carboxylic acids is 1. The minimum absolute atomic E-state index is 0.122. The molecule has 49 heavy (non-hydrogen) atoms. The van der Waals surface area contributed by atoms with Gasteiger partial charge in [0.1, 0.15) is 30.5 Å². The molecule has 9 heteroatoms. The van der Waals surface area contributed by atoms with Gasteiger partial charge >= 0.3 is 5.97 Å². The molecule has 0 aromatic heterocycles. The number of allylic oxidation sites excluding steroid dienone is 6. The van der Waals surface area contributed by atoms with Gasteiger partial charge in [0.15, 0.2) is 6.29 Å². The van der Waals surface area contributed by atoms with Crippen molar-refractivity contribution >= 4 is 5.97 Å². The Kier molecular flexibility index (Phi) is 30.0. The smallest absolute Gasteiger partial charge is 0.306 e. The van der Waals surface area contributed by atoms with Gasteiger partial charge < -0.3 is 39.4 Å². The van der Waals surface area contributed by atoms with Gasteiger partial charge in [-0.1, -0.05) is 115 Å². The minimum Gasteiger partial charge on any atom is -0.457 e. The summed E-state index contributed by atoms with van der Waals surface area (Å²) in [5.74, 6) is -0.333. The number of unbranched alkanes of at least 4 members (excludes halogenated alkanes) is 15. The van der Waals surface area contributed by atoms with Gasteiger partial charge in [0, 0.05) is 13.0 Å². The van der Waals surface area contributed by atoms with Crippen molar-refractivity contribution in [3.8, 4) is 0 Å². The summed E-state index contributed by atoms with van der Waals surface area (Å²) in [7, 11) is 0. The predicted molar refractivity (Wildman–Crippen MR) is 196 cm³/mol. The molecule has 1 fully saturated rings. The van der Waals surface area contributed by atoms with Crippen LogP contribution >= 0.6 is 0 Å². The molecule has 0 aromatic carbocycles. The lowest BCUT2D eigenvalue weighted by molar-refractivity contribution is -0.305. The van der Waals surface area contributed by atoms with Crippen molar-refractivity contribution < 1.29 is 44.2 Å². The molecule has 0 saturated carbocycles. The van der Waals surface area contributed by atoms with Crippen molar-refractivity contribution in [1.82, 2.24) is 0 Å². The van der Waals surface area contributed by atoms with E-state index < -0.39 is 43.4 Å². The van der Waals surface area contributed by atoms with Crippen molar-refractivity contribution in [2.45, 2.75) is 185 Å². The van der Waals surface area contributed by atoms with E-state index in [0.717, 1.165) is 77.0 Å². The van der Waals surface area contributed by atoms with E-state index in [9.17, 15) is 25.2 Å². The van der Waals surface area contributed by atoms with E-state index >= 15 is 0 Å². The van der Waals surface area contributed by atoms with Crippen molar-refractivity contribution in [2.75, 3.05) is 26.4 Å². The third-order valence-corrected chi connectivity index (χ3v) is 8.76. The minimum atomic E-state index is -1.54. The van der Waals surface area contributed by atoms with Gasteiger partial charge in [-0.15, -0.1) is 0 Å². The molecular weight excluding hydrogens is 624 g/mol. The second kappa shape index (κ2) is 32.3. The summed E-state index contributed by atoms with van der Waals surface area (Å²) in [6, 6.07) is 0. The molecule has 0 bridgehead atoms. The van der Waals surface area contributed by atoms with Crippen LogP contribution < -0.4 is 0 Å². The van der Waals surface area contributed by atoms with E-state index in [-0.39, 0.29) is 19.2 Å². The molecular formula is C40H72O9. The average molecular weight is 697 g/mol. The Morgan fingerprint density at radius 3 is 1.86 bits per heavy atom. The fraction of sp³-hybridized carbons (Fsp3) is 0.825. The van der Waals surface area contributed by atoms with Crippen LogP contribution in [0.5, 0.6) is 0 Å². The summed E-state index contributed by atoms with van der Waals surface area (Å²) >= 11 is 0. The molecule has 1 heterocycles. The SMILES string of the molecule is CCC/C=C\C/C=C\CCCCCCCC(=O)OC(COCCCCCCCC/C=C\CCCCC)COC1OC(CO)C(O)C(O)C1O. The van der Waals surface area contributed by atoms with Crippen molar-refractivity contribution in [3.05, 3.63) is 36.5 Å². The second-order valence-corrected chi connectivity index (χ2v) is 13.4. The first kappa shape index (κ1) is 45.4. The van der Waals surface area contributed by atoms with Crippen LogP contribution in [-0.2, 0) is 23.7 Å². The zero-order chi connectivity index (χ0) is 35.8. The highest BCUT2D eigenvalue weighted by Crippen LogP contribution is 2.22. The summed E-state index contributed by atoms with van der Waals surface area (Å²) in [5.41, 5.74) is 0. The molecule has 286 valence electrons. The molecule has 6 atom stereocenters. The summed E-state index contributed by atoms with van der Waals surface area (Å²) in [6.45, 7) is 4.42. The normalized spacial score (nSPS) is 22.1. The Labute approximate surface area is 298 Å². The van der Waals surface area contributed by atoms with Crippen molar-refractivity contribution in [3.63, 3.8) is 0 Å². The number of rotatable bonds is 32. The predicted octanol–water partition coefficient (Wildman–Crippen LogP) is 7.63. The number of esters is 1. The first-order valence-corrected chi connectivity index (χ1v) is 19.6. The molecule has 0 aromatic rings.